The van der Waals surface area contributed by atoms with Gasteiger partial charge in [-0.3, -0.25) is 0 Å². The monoisotopic (exact) mass is 342 g/mol. The zero-order chi connectivity index (χ0) is 17.3. The third-order valence-corrected chi connectivity index (χ3v) is 3.98. The normalized spacial score (nSPS) is 51.7. The summed E-state index contributed by atoms with van der Waals surface area (Å²) in [5, 5.41) is 76.5. The second kappa shape index (κ2) is 7.63. The molecule has 2 saturated heterocycles. The van der Waals surface area contributed by atoms with Gasteiger partial charge in [-0.2, -0.15) is 0 Å². The number of aliphatic hydroxyl groups is 8. The zero-order valence-corrected chi connectivity index (χ0v) is 12.0. The summed E-state index contributed by atoms with van der Waals surface area (Å²) < 4.78 is 15.3. The fourth-order valence-corrected chi connectivity index (χ4v) is 2.57. The zero-order valence-electron chi connectivity index (χ0n) is 12.0. The Morgan fingerprint density at radius 1 is 0.652 bits per heavy atom. The van der Waals surface area contributed by atoms with Gasteiger partial charge in [-0.05, 0) is 0 Å². The first-order chi connectivity index (χ1) is 10.8. The van der Waals surface area contributed by atoms with Gasteiger partial charge in [0.05, 0.1) is 13.2 Å². The maximum atomic E-state index is 9.94. The van der Waals surface area contributed by atoms with Gasteiger partial charge in [-0.25, -0.2) is 0 Å². The highest BCUT2D eigenvalue weighted by atomic mass is 16.7. The van der Waals surface area contributed by atoms with E-state index in [1.165, 1.54) is 0 Å². The lowest BCUT2D eigenvalue weighted by Gasteiger charge is -2.45. The lowest BCUT2D eigenvalue weighted by atomic mass is 9.97. The molecular weight excluding hydrogens is 320 g/mol. The summed E-state index contributed by atoms with van der Waals surface area (Å²) in [6.07, 6.45) is -15.6. The van der Waals surface area contributed by atoms with Crippen LogP contribution in [-0.2, 0) is 14.2 Å². The van der Waals surface area contributed by atoms with E-state index in [0.717, 1.165) is 0 Å². The molecule has 136 valence electrons. The molecule has 0 aromatic heterocycles. The summed E-state index contributed by atoms with van der Waals surface area (Å²) in [5.74, 6) is 0. The summed E-state index contributed by atoms with van der Waals surface area (Å²) >= 11 is 0. The molecule has 2 aliphatic rings. The van der Waals surface area contributed by atoms with Crippen molar-refractivity contribution in [3.05, 3.63) is 0 Å². The Kier molecular flexibility index (Phi) is 6.27. The van der Waals surface area contributed by atoms with Crippen LogP contribution in [0.4, 0.5) is 0 Å². The summed E-state index contributed by atoms with van der Waals surface area (Å²) in [4.78, 5) is 0. The van der Waals surface area contributed by atoms with Gasteiger partial charge in [0.2, 0.25) is 0 Å². The molecule has 0 aromatic rings. The minimum atomic E-state index is -1.74. The molecule has 0 saturated carbocycles. The van der Waals surface area contributed by atoms with Crippen LogP contribution in [0.1, 0.15) is 0 Å². The Morgan fingerprint density at radius 2 is 1.26 bits per heavy atom. The van der Waals surface area contributed by atoms with E-state index in [1.54, 1.807) is 0 Å². The highest BCUT2D eigenvalue weighted by molar-refractivity contribution is 4.93. The molecular formula is C12H22O11. The molecule has 2 fully saturated rings. The Balaban J connectivity index is 2.11. The molecule has 0 aromatic carbocycles. The molecule has 2 aliphatic heterocycles. The van der Waals surface area contributed by atoms with E-state index < -0.39 is 74.6 Å². The second-order valence-electron chi connectivity index (χ2n) is 5.53. The molecule has 23 heavy (non-hydrogen) atoms. The first-order valence-corrected chi connectivity index (χ1v) is 7.08. The summed E-state index contributed by atoms with van der Waals surface area (Å²) in [6, 6.07) is 0. The van der Waals surface area contributed by atoms with Crippen molar-refractivity contribution < 1.29 is 55.1 Å². The van der Waals surface area contributed by atoms with Crippen molar-refractivity contribution >= 4 is 0 Å². The van der Waals surface area contributed by atoms with E-state index in [9.17, 15) is 35.7 Å². The van der Waals surface area contributed by atoms with Crippen molar-refractivity contribution in [3.63, 3.8) is 0 Å². The van der Waals surface area contributed by atoms with Gasteiger partial charge in [0, 0.05) is 0 Å². The number of aliphatic hydroxyl groups excluding tert-OH is 8. The predicted octanol–water partition coefficient (Wildman–Crippen LogP) is -5.40. The summed E-state index contributed by atoms with van der Waals surface area (Å²) in [7, 11) is 0. The van der Waals surface area contributed by atoms with E-state index in [4.69, 9.17) is 19.3 Å². The first-order valence-electron chi connectivity index (χ1n) is 7.08. The molecule has 0 radical (unpaired) electrons. The van der Waals surface area contributed by atoms with Crippen LogP contribution >= 0.6 is 0 Å². The van der Waals surface area contributed by atoms with Crippen molar-refractivity contribution in [2.75, 3.05) is 13.2 Å². The van der Waals surface area contributed by atoms with Crippen molar-refractivity contribution in [1.29, 1.82) is 0 Å². The number of ether oxygens (including phenoxy) is 3. The average molecular weight is 342 g/mol. The molecule has 2 heterocycles. The SMILES string of the molecule is OC[C@H]1OC(O[C@H]2[C@H](O)[C@@H](O)C(O)O[C@@H]2CO)[C@H](O)[C@@H](O)[C@H]1O. The van der Waals surface area contributed by atoms with E-state index >= 15 is 0 Å². The Hall–Kier alpha value is -0.440. The molecule has 10 atom stereocenters. The van der Waals surface area contributed by atoms with Gasteiger partial charge in [0.15, 0.2) is 12.6 Å². The molecule has 2 rings (SSSR count). The van der Waals surface area contributed by atoms with Crippen LogP contribution in [-0.4, -0.2) is 115 Å². The van der Waals surface area contributed by atoms with Gasteiger partial charge < -0.3 is 55.1 Å². The Labute approximate surface area is 130 Å². The van der Waals surface area contributed by atoms with Gasteiger partial charge in [-0.1, -0.05) is 0 Å². The van der Waals surface area contributed by atoms with Crippen molar-refractivity contribution in [3.8, 4) is 0 Å². The molecule has 0 aliphatic carbocycles. The molecule has 0 spiro atoms. The van der Waals surface area contributed by atoms with Gasteiger partial charge in [0.1, 0.15) is 48.8 Å². The number of hydrogen-bond donors (Lipinski definition) is 8. The van der Waals surface area contributed by atoms with E-state index in [0.29, 0.717) is 0 Å². The predicted molar refractivity (Wildman–Crippen MR) is 68.6 cm³/mol. The van der Waals surface area contributed by atoms with Crippen LogP contribution in [0.3, 0.4) is 0 Å². The minimum absolute atomic E-state index is 0.667. The summed E-state index contributed by atoms with van der Waals surface area (Å²) in [5.41, 5.74) is 0. The maximum absolute atomic E-state index is 9.94. The maximum Gasteiger partial charge on any atom is 0.187 e. The molecule has 11 heteroatoms. The molecule has 11 nitrogen and oxygen atoms in total. The van der Waals surface area contributed by atoms with Crippen molar-refractivity contribution in [2.24, 2.45) is 0 Å². The Bertz CT molecular complexity index is 378. The van der Waals surface area contributed by atoms with E-state index in [-0.39, 0.29) is 0 Å². The smallest absolute Gasteiger partial charge is 0.187 e. The molecule has 0 amide bonds. The quantitative estimate of drug-likeness (QED) is 0.243. The van der Waals surface area contributed by atoms with Gasteiger partial charge >= 0.3 is 0 Å². The Morgan fingerprint density at radius 3 is 1.83 bits per heavy atom. The highest BCUT2D eigenvalue weighted by Gasteiger charge is 2.50. The molecule has 0 bridgehead atoms. The largest absolute Gasteiger partial charge is 0.394 e. The van der Waals surface area contributed by atoms with Crippen LogP contribution in [0.25, 0.3) is 0 Å². The fraction of sp³-hybridized carbons (Fsp3) is 1.00. The standard InChI is InChI=1S/C12H22O11/c13-1-3-5(15)6(16)9(19)12(22-3)23-10-4(2-14)21-11(20)8(18)7(10)17/h3-20H,1-2H2/t3-,4-,5+,6+,7-,8-,9-,10-,11?,12?/m1/s1. The average Bonchev–Trinajstić information content (AvgIpc) is 2.55. The third-order valence-electron chi connectivity index (χ3n) is 3.98. The van der Waals surface area contributed by atoms with Gasteiger partial charge in [0.25, 0.3) is 0 Å². The van der Waals surface area contributed by atoms with Crippen LogP contribution in [0.5, 0.6) is 0 Å². The van der Waals surface area contributed by atoms with E-state index in [1.807, 2.05) is 0 Å². The van der Waals surface area contributed by atoms with Crippen LogP contribution in [0.2, 0.25) is 0 Å². The molecule has 8 N–H and O–H groups in total. The number of hydrogen-bond acceptors (Lipinski definition) is 11. The van der Waals surface area contributed by atoms with Crippen LogP contribution in [0, 0.1) is 0 Å². The summed E-state index contributed by atoms with van der Waals surface area (Å²) in [6.45, 7) is -1.35. The van der Waals surface area contributed by atoms with Crippen LogP contribution < -0.4 is 0 Å². The van der Waals surface area contributed by atoms with Gasteiger partial charge in [-0.15, -0.1) is 0 Å². The second-order valence-corrected chi connectivity index (χ2v) is 5.53. The fourth-order valence-electron chi connectivity index (χ4n) is 2.57. The van der Waals surface area contributed by atoms with E-state index in [2.05, 4.69) is 0 Å². The lowest BCUT2D eigenvalue weighted by Crippen LogP contribution is -2.64. The van der Waals surface area contributed by atoms with Crippen molar-refractivity contribution in [2.45, 2.75) is 61.4 Å². The number of rotatable bonds is 4. The lowest BCUT2D eigenvalue weighted by molar-refractivity contribution is -0.355. The van der Waals surface area contributed by atoms with Crippen molar-refractivity contribution in [1.82, 2.24) is 0 Å². The third kappa shape index (κ3) is 3.65. The highest BCUT2D eigenvalue weighted by Crippen LogP contribution is 2.28. The molecule has 2 unspecified atom stereocenters. The van der Waals surface area contributed by atoms with Crippen LogP contribution in [0.15, 0.2) is 0 Å². The topological polar surface area (TPSA) is 190 Å². The minimum Gasteiger partial charge on any atom is -0.394 e. The first kappa shape index (κ1) is 18.9.